The van der Waals surface area contributed by atoms with Crippen LogP contribution in [0.25, 0.3) is 39.5 Å². The number of benzene rings is 2. The van der Waals surface area contributed by atoms with E-state index in [9.17, 15) is 0 Å². The van der Waals surface area contributed by atoms with Crippen LogP contribution in [0, 0.1) is 5.92 Å². The van der Waals surface area contributed by atoms with Gasteiger partial charge in [0.2, 0.25) is 0 Å². The highest BCUT2D eigenvalue weighted by Crippen LogP contribution is 2.46. The van der Waals surface area contributed by atoms with Crippen molar-refractivity contribution in [2.24, 2.45) is 5.92 Å². The van der Waals surface area contributed by atoms with Crippen molar-refractivity contribution in [1.82, 2.24) is 29.1 Å². The van der Waals surface area contributed by atoms with E-state index < -0.39 is 5.54 Å². The van der Waals surface area contributed by atoms with Gasteiger partial charge < -0.3 is 0 Å². The zero-order valence-electron chi connectivity index (χ0n) is 24.6. The molecule has 0 saturated carbocycles. The Bertz CT molecular complexity index is 2090. The number of allylic oxidation sites excluding steroid dienone is 4. The number of pyridine rings is 3. The van der Waals surface area contributed by atoms with Crippen molar-refractivity contribution < 1.29 is 0 Å². The van der Waals surface area contributed by atoms with Crippen molar-refractivity contribution in [1.29, 1.82) is 0 Å². The maximum absolute atomic E-state index is 5.52. The Balaban J connectivity index is 1.46. The van der Waals surface area contributed by atoms with E-state index in [1.807, 2.05) is 48.9 Å². The molecular formula is C39H30N6. The minimum absolute atomic E-state index is 0.106. The Hall–Kier alpha value is -5.88. The van der Waals surface area contributed by atoms with Crippen LogP contribution < -0.4 is 0 Å². The van der Waals surface area contributed by atoms with E-state index in [2.05, 4.69) is 128 Å². The second kappa shape index (κ2) is 11.3. The van der Waals surface area contributed by atoms with Gasteiger partial charge in [0.25, 0.3) is 0 Å². The molecule has 1 atom stereocenters. The molecule has 216 valence electrons. The molecule has 6 nitrogen and oxygen atoms in total. The summed E-state index contributed by atoms with van der Waals surface area (Å²) in [6.07, 6.45) is 19.4. The standard InChI is InChI=1S/C39H30N6/c1-4-15-30(16-5-1)39(31-17-6-2-7-18-31,32-19-8-3-9-20-32)44-28-33(38(43-44)29-14-13-24-40-26-29)35-22-12-23-37-42-27-36(45(35)37)34-21-10-11-25-41-34/h1-19,21-28,32H,20H2. The van der Waals surface area contributed by atoms with Gasteiger partial charge in [-0.1, -0.05) is 97.1 Å². The number of hydrogen-bond acceptors (Lipinski definition) is 4. The highest BCUT2D eigenvalue weighted by molar-refractivity contribution is 5.81. The number of imidazole rings is 1. The van der Waals surface area contributed by atoms with Crippen molar-refractivity contribution in [3.8, 4) is 33.9 Å². The quantitative estimate of drug-likeness (QED) is 0.190. The van der Waals surface area contributed by atoms with Crippen LogP contribution in [0.1, 0.15) is 17.5 Å². The summed E-state index contributed by atoms with van der Waals surface area (Å²) in [5, 5.41) is 5.52. The maximum Gasteiger partial charge on any atom is 0.137 e. The summed E-state index contributed by atoms with van der Waals surface area (Å²) in [6, 6.07) is 37.7. The fraction of sp³-hybridized carbons (Fsp3) is 0.0769. The summed E-state index contributed by atoms with van der Waals surface area (Å²) < 4.78 is 4.37. The number of nitrogens with zero attached hydrogens (tertiary/aromatic N) is 6. The van der Waals surface area contributed by atoms with Crippen LogP contribution >= 0.6 is 0 Å². The lowest BCUT2D eigenvalue weighted by Gasteiger charge is -2.41. The predicted octanol–water partition coefficient (Wildman–Crippen LogP) is 8.25. The summed E-state index contributed by atoms with van der Waals surface area (Å²) in [7, 11) is 0. The van der Waals surface area contributed by atoms with Crippen LogP contribution in [0.15, 0.2) is 164 Å². The lowest BCUT2D eigenvalue weighted by molar-refractivity contribution is 0.293. The molecule has 1 aliphatic carbocycles. The van der Waals surface area contributed by atoms with Crippen molar-refractivity contribution in [3.05, 3.63) is 176 Å². The topological polar surface area (TPSA) is 60.9 Å². The first kappa shape index (κ1) is 26.7. The zero-order chi connectivity index (χ0) is 30.1. The lowest BCUT2D eigenvalue weighted by Crippen LogP contribution is -2.43. The number of aromatic nitrogens is 6. The molecule has 0 amide bonds. The van der Waals surface area contributed by atoms with Crippen LogP contribution in [0.5, 0.6) is 0 Å². The summed E-state index contributed by atoms with van der Waals surface area (Å²) in [5.74, 6) is 0.106. The molecule has 0 aliphatic heterocycles. The van der Waals surface area contributed by atoms with Gasteiger partial charge in [-0.25, -0.2) is 4.98 Å². The van der Waals surface area contributed by atoms with Crippen molar-refractivity contribution >= 4 is 5.65 Å². The number of hydrogen-bond donors (Lipinski definition) is 0. The SMILES string of the molecule is C1=CCC(C(c2ccccc2)(c2ccccc2)n2cc(-c3cccc4ncc(-c5ccccn5)n34)c(-c3cccnc3)n2)C=C1. The molecule has 0 fully saturated rings. The molecule has 45 heavy (non-hydrogen) atoms. The van der Waals surface area contributed by atoms with Gasteiger partial charge in [-0.3, -0.25) is 19.1 Å². The van der Waals surface area contributed by atoms with Crippen LogP contribution in [0.4, 0.5) is 0 Å². The van der Waals surface area contributed by atoms with E-state index in [1.54, 1.807) is 6.20 Å². The van der Waals surface area contributed by atoms with E-state index in [1.165, 1.54) is 11.1 Å². The third-order valence-electron chi connectivity index (χ3n) is 8.69. The van der Waals surface area contributed by atoms with Crippen LogP contribution in [0.2, 0.25) is 0 Å². The Morgan fingerprint density at radius 3 is 2.16 bits per heavy atom. The average molecular weight is 583 g/mol. The van der Waals surface area contributed by atoms with Crippen molar-refractivity contribution in [2.45, 2.75) is 12.0 Å². The second-order valence-corrected chi connectivity index (χ2v) is 11.2. The molecule has 5 aromatic heterocycles. The second-order valence-electron chi connectivity index (χ2n) is 11.2. The number of rotatable bonds is 7. The minimum Gasteiger partial charge on any atom is -0.291 e. The Morgan fingerprint density at radius 1 is 0.667 bits per heavy atom. The third-order valence-corrected chi connectivity index (χ3v) is 8.69. The molecule has 1 aliphatic rings. The molecule has 0 radical (unpaired) electrons. The van der Waals surface area contributed by atoms with Gasteiger partial charge in [0.05, 0.1) is 23.3 Å². The van der Waals surface area contributed by atoms with E-state index in [-0.39, 0.29) is 5.92 Å². The Morgan fingerprint density at radius 2 is 1.47 bits per heavy atom. The largest absolute Gasteiger partial charge is 0.291 e. The van der Waals surface area contributed by atoms with E-state index in [0.29, 0.717) is 0 Å². The van der Waals surface area contributed by atoms with E-state index >= 15 is 0 Å². The van der Waals surface area contributed by atoms with Crippen LogP contribution in [0.3, 0.4) is 0 Å². The molecule has 8 rings (SSSR count). The lowest BCUT2D eigenvalue weighted by atomic mass is 9.70. The van der Waals surface area contributed by atoms with E-state index in [4.69, 9.17) is 10.1 Å². The summed E-state index contributed by atoms with van der Waals surface area (Å²) in [5.41, 5.74) is 8.08. The predicted molar refractivity (Wildman–Crippen MR) is 178 cm³/mol. The van der Waals surface area contributed by atoms with Gasteiger partial charge in [-0.2, -0.15) is 5.10 Å². The highest BCUT2D eigenvalue weighted by Gasteiger charge is 2.44. The average Bonchev–Trinajstić information content (AvgIpc) is 3.77. The summed E-state index contributed by atoms with van der Waals surface area (Å²) in [6.45, 7) is 0. The molecule has 6 heteroatoms. The van der Waals surface area contributed by atoms with Gasteiger partial charge in [-0.05, 0) is 53.9 Å². The van der Waals surface area contributed by atoms with Gasteiger partial charge in [0, 0.05) is 41.8 Å². The first-order valence-electron chi connectivity index (χ1n) is 15.2. The fourth-order valence-electron chi connectivity index (χ4n) is 6.70. The smallest absolute Gasteiger partial charge is 0.137 e. The molecule has 2 aromatic carbocycles. The van der Waals surface area contributed by atoms with Gasteiger partial charge in [0.1, 0.15) is 16.9 Å². The van der Waals surface area contributed by atoms with Crippen molar-refractivity contribution in [3.63, 3.8) is 0 Å². The van der Waals surface area contributed by atoms with Crippen LogP contribution in [-0.2, 0) is 5.54 Å². The fourth-order valence-corrected chi connectivity index (χ4v) is 6.70. The molecular weight excluding hydrogens is 552 g/mol. The Labute approximate surface area is 261 Å². The zero-order valence-corrected chi connectivity index (χ0v) is 24.6. The molecule has 0 bridgehead atoms. The van der Waals surface area contributed by atoms with Gasteiger partial charge in [-0.15, -0.1) is 0 Å². The molecule has 7 aromatic rings. The van der Waals surface area contributed by atoms with Gasteiger partial charge in [0.15, 0.2) is 0 Å². The van der Waals surface area contributed by atoms with Crippen LogP contribution in [-0.4, -0.2) is 29.1 Å². The Kier molecular flexibility index (Phi) is 6.72. The molecule has 5 heterocycles. The third kappa shape index (κ3) is 4.50. The van der Waals surface area contributed by atoms with E-state index in [0.717, 1.165) is 46.0 Å². The highest BCUT2D eigenvalue weighted by atomic mass is 15.3. The molecule has 0 N–H and O–H groups in total. The molecule has 0 spiro atoms. The first-order valence-corrected chi connectivity index (χ1v) is 15.2. The summed E-state index contributed by atoms with van der Waals surface area (Å²) >= 11 is 0. The molecule has 0 saturated heterocycles. The van der Waals surface area contributed by atoms with Crippen molar-refractivity contribution in [2.75, 3.05) is 0 Å². The molecule has 1 unspecified atom stereocenters. The monoisotopic (exact) mass is 582 g/mol. The normalized spacial score (nSPS) is 14.6. The number of fused-ring (bicyclic) bond motifs is 1. The maximum atomic E-state index is 5.52. The van der Waals surface area contributed by atoms with Gasteiger partial charge >= 0.3 is 0 Å². The minimum atomic E-state index is -0.633. The first-order chi connectivity index (χ1) is 22.3. The summed E-state index contributed by atoms with van der Waals surface area (Å²) in [4.78, 5) is 13.9.